The molecule has 0 aromatic rings. The van der Waals surface area contributed by atoms with Crippen molar-refractivity contribution in [1.29, 1.82) is 0 Å². The molecule has 0 spiro atoms. The first-order chi connectivity index (χ1) is 9.15. The van der Waals surface area contributed by atoms with Crippen molar-refractivity contribution in [2.45, 2.75) is 54.4 Å². The van der Waals surface area contributed by atoms with Crippen LogP contribution in [0.2, 0.25) is 0 Å². The molecule has 2 aliphatic rings. The Labute approximate surface area is 165 Å². The Kier molecular flexibility index (Phi) is 16.9. The summed E-state index contributed by atoms with van der Waals surface area (Å²) in [7, 11) is 0. The third-order valence-electron chi connectivity index (χ3n) is 2.75. The molecule has 0 unspecified atom stereocenters. The van der Waals surface area contributed by atoms with E-state index < -0.39 is 0 Å². The van der Waals surface area contributed by atoms with Gasteiger partial charge in [0.2, 0.25) is 0 Å². The zero-order chi connectivity index (χ0) is 15.6. The zero-order valence-corrected chi connectivity index (χ0v) is 18.8. The molecule has 0 aliphatic heterocycles. The quantitative estimate of drug-likeness (QED) is 0.406. The molecule has 0 saturated heterocycles. The summed E-state index contributed by atoms with van der Waals surface area (Å²) in [5.74, 6) is 0. The number of allylic oxidation sites excluding steroid dienone is 8. The molecule has 0 nitrogen and oxygen atoms in total. The fourth-order valence-electron chi connectivity index (χ4n) is 1.46. The molecular formula is C19H30Cl2Zr. The molecule has 0 heterocycles. The molecular weight excluding hydrogens is 390 g/mol. The molecule has 0 aromatic heterocycles. The van der Waals surface area contributed by atoms with Crippen LogP contribution < -0.4 is 0 Å². The van der Waals surface area contributed by atoms with Crippen molar-refractivity contribution in [2.75, 3.05) is 0 Å². The monoisotopic (exact) mass is 418 g/mol. The van der Waals surface area contributed by atoms with Gasteiger partial charge in [-0.15, -0.1) is 24.8 Å². The van der Waals surface area contributed by atoms with Crippen LogP contribution in [0, 0.1) is 23.0 Å². The van der Waals surface area contributed by atoms with E-state index in [9.17, 15) is 0 Å². The number of halogens is 2. The van der Waals surface area contributed by atoms with Gasteiger partial charge >= 0.3 is 41.3 Å². The number of rotatable bonds is 0. The van der Waals surface area contributed by atoms with Crippen molar-refractivity contribution in [3.63, 3.8) is 0 Å². The molecule has 0 amide bonds. The summed E-state index contributed by atoms with van der Waals surface area (Å²) in [6, 6.07) is 0. The van der Waals surface area contributed by atoms with Gasteiger partial charge in [-0.3, -0.25) is 12.2 Å². The molecule has 2 aliphatic carbocycles. The summed E-state index contributed by atoms with van der Waals surface area (Å²) in [6.45, 7) is 13.1. The summed E-state index contributed by atoms with van der Waals surface area (Å²) in [5.41, 5.74) is 0.760. The Bertz CT molecular complexity index is 375. The smallest absolute Gasteiger partial charge is 0.147 e. The molecule has 0 fully saturated rings. The third kappa shape index (κ3) is 18.3. The van der Waals surface area contributed by atoms with Crippen molar-refractivity contribution in [3.05, 3.63) is 48.6 Å². The molecule has 124 valence electrons. The Hall–Kier alpha value is 0.293. The minimum absolute atomic E-state index is 0. The average molecular weight is 421 g/mol. The summed E-state index contributed by atoms with van der Waals surface area (Å²) in [4.78, 5) is 0. The van der Waals surface area contributed by atoms with Crippen LogP contribution in [0.4, 0.5) is 0 Å². The summed E-state index contributed by atoms with van der Waals surface area (Å²) < 4.78 is 1.51. The fraction of sp³-hybridized carbons (Fsp3) is 0.526. The average Bonchev–Trinajstić information content (AvgIpc) is 2.28. The van der Waals surface area contributed by atoms with Gasteiger partial charge in [0, 0.05) is 0 Å². The van der Waals surface area contributed by atoms with Gasteiger partial charge in [-0.2, -0.15) is 12.2 Å². The molecule has 0 atom stereocenters. The number of hydrogen-bond acceptors (Lipinski definition) is 0. The van der Waals surface area contributed by atoms with Crippen LogP contribution in [0.5, 0.6) is 0 Å². The van der Waals surface area contributed by atoms with E-state index in [4.69, 9.17) is 0 Å². The third-order valence-corrected chi connectivity index (χ3v) is 2.75. The SMILES string of the molecule is CC1(C)C=C[C-]=CC1.CC1(C)C=C[C-]=CC1.C[C](C)=[Zr+2].Cl.Cl. The van der Waals surface area contributed by atoms with Crippen LogP contribution in [0.3, 0.4) is 0 Å². The van der Waals surface area contributed by atoms with Gasteiger partial charge in [-0.25, -0.2) is 24.3 Å². The molecule has 2 rings (SSSR count). The van der Waals surface area contributed by atoms with Crippen molar-refractivity contribution in [2.24, 2.45) is 10.8 Å². The first-order valence-electron chi connectivity index (χ1n) is 7.17. The largest absolute Gasteiger partial charge is 0.147 e. The van der Waals surface area contributed by atoms with Crippen LogP contribution in [0.1, 0.15) is 54.4 Å². The van der Waals surface area contributed by atoms with Crippen LogP contribution >= 0.6 is 24.8 Å². The van der Waals surface area contributed by atoms with Gasteiger partial charge < -0.3 is 0 Å². The fourth-order valence-corrected chi connectivity index (χ4v) is 1.46. The zero-order valence-electron chi connectivity index (χ0n) is 14.7. The molecule has 0 radical (unpaired) electrons. The standard InChI is InChI=1S/2C8H11.C3H6.2ClH.Zr/c2*1-8(2)6-4-3-5-7-8;1-3-2;;;/h2*4-6H,7H2,1-2H3;1-2H3;2*1H;/q2*-1;;;;+2. The topological polar surface area (TPSA) is 0 Å². The van der Waals surface area contributed by atoms with E-state index in [0.29, 0.717) is 10.8 Å². The van der Waals surface area contributed by atoms with Crippen molar-refractivity contribution in [3.8, 4) is 0 Å². The van der Waals surface area contributed by atoms with E-state index in [1.54, 1.807) is 24.2 Å². The summed E-state index contributed by atoms with van der Waals surface area (Å²) in [5, 5.41) is 0. The van der Waals surface area contributed by atoms with Crippen LogP contribution in [-0.4, -0.2) is 3.21 Å². The van der Waals surface area contributed by atoms with E-state index >= 15 is 0 Å². The summed E-state index contributed by atoms with van der Waals surface area (Å²) in [6.07, 6.45) is 20.8. The first kappa shape index (κ1) is 27.2. The second-order valence-electron chi connectivity index (χ2n) is 6.79. The van der Waals surface area contributed by atoms with Crippen molar-refractivity contribution in [1.82, 2.24) is 0 Å². The molecule has 0 N–H and O–H groups in total. The first-order valence-corrected chi connectivity index (χ1v) is 8.40. The van der Waals surface area contributed by atoms with E-state index in [1.807, 2.05) is 12.2 Å². The van der Waals surface area contributed by atoms with Crippen LogP contribution in [0.15, 0.2) is 36.5 Å². The maximum atomic E-state index is 3.03. The number of hydrogen-bond donors (Lipinski definition) is 0. The Morgan fingerprint density at radius 2 is 1.09 bits per heavy atom. The van der Waals surface area contributed by atoms with E-state index in [0.717, 1.165) is 12.8 Å². The summed E-state index contributed by atoms with van der Waals surface area (Å²) >= 11 is 1.55. The predicted octanol–water partition coefficient (Wildman–Crippen LogP) is 6.25. The normalized spacial score (nSPS) is 18.5. The van der Waals surface area contributed by atoms with Gasteiger partial charge in [-0.1, -0.05) is 51.4 Å². The molecule has 3 heteroatoms. The minimum Gasteiger partial charge on any atom is -0.147 e. The van der Waals surface area contributed by atoms with Crippen LogP contribution in [-0.2, 0) is 24.2 Å². The Morgan fingerprint density at radius 1 is 0.818 bits per heavy atom. The second kappa shape index (κ2) is 13.7. The van der Waals surface area contributed by atoms with Crippen molar-refractivity contribution < 1.29 is 24.2 Å². The Balaban J connectivity index is -0.000000249. The molecule has 22 heavy (non-hydrogen) atoms. The van der Waals surface area contributed by atoms with Gasteiger partial charge in [0.15, 0.2) is 0 Å². The van der Waals surface area contributed by atoms with Gasteiger partial charge in [0.25, 0.3) is 0 Å². The van der Waals surface area contributed by atoms with Gasteiger partial charge in [0.1, 0.15) is 0 Å². The van der Waals surface area contributed by atoms with E-state index in [2.05, 4.69) is 78.0 Å². The van der Waals surface area contributed by atoms with Crippen LogP contribution in [0.25, 0.3) is 0 Å². The van der Waals surface area contributed by atoms with Gasteiger partial charge in [-0.05, 0) is 0 Å². The predicted molar refractivity (Wildman–Crippen MR) is 102 cm³/mol. The van der Waals surface area contributed by atoms with Crippen molar-refractivity contribution >= 4 is 28.0 Å². The molecule has 0 aromatic carbocycles. The minimum atomic E-state index is 0. The van der Waals surface area contributed by atoms with Gasteiger partial charge in [0.05, 0.1) is 0 Å². The van der Waals surface area contributed by atoms with E-state index in [-0.39, 0.29) is 24.8 Å². The maximum absolute atomic E-state index is 3.03. The Morgan fingerprint density at radius 3 is 1.18 bits per heavy atom. The molecule has 0 saturated carbocycles. The second-order valence-corrected chi connectivity index (χ2v) is 9.25. The molecule has 0 bridgehead atoms. The van der Waals surface area contributed by atoms with E-state index in [1.165, 1.54) is 3.21 Å². The maximum Gasteiger partial charge on any atom is -0.147 e.